The molecule has 0 aliphatic carbocycles. The molecule has 0 radical (unpaired) electrons. The van der Waals surface area contributed by atoms with Crippen LogP contribution >= 0.6 is 0 Å². The lowest BCUT2D eigenvalue weighted by Crippen LogP contribution is -2.59. The van der Waals surface area contributed by atoms with Crippen LogP contribution in [0.15, 0.2) is 4.42 Å². The topological polar surface area (TPSA) is 97.6 Å². The number of carbonyl (C=O) groups is 2. The van der Waals surface area contributed by atoms with Gasteiger partial charge in [-0.15, -0.1) is 10.2 Å². The minimum Gasteiger partial charge on any atom is -0.422 e. The quantitative estimate of drug-likeness (QED) is 0.861. The number of likely N-dealkylation sites (tertiary alicyclic amines) is 1. The first-order valence-corrected chi connectivity index (χ1v) is 8.55. The third-order valence-electron chi connectivity index (χ3n) is 4.36. The Hall–Kier alpha value is -1.96. The van der Waals surface area contributed by atoms with Gasteiger partial charge in [-0.1, -0.05) is 20.3 Å². The number of hydrogen-bond donors (Lipinski definition) is 1. The van der Waals surface area contributed by atoms with Crippen LogP contribution in [0, 0.1) is 0 Å². The van der Waals surface area contributed by atoms with Crippen LogP contribution < -0.4 is 5.32 Å². The molecule has 2 saturated heterocycles. The third-order valence-corrected chi connectivity index (χ3v) is 4.36. The van der Waals surface area contributed by atoms with E-state index in [1.165, 1.54) is 0 Å². The molecule has 1 atom stereocenters. The van der Waals surface area contributed by atoms with Crippen molar-refractivity contribution >= 4 is 11.8 Å². The molecule has 2 amide bonds. The fourth-order valence-electron chi connectivity index (χ4n) is 2.85. The predicted octanol–water partition coefficient (Wildman–Crippen LogP) is 0.979. The van der Waals surface area contributed by atoms with E-state index < -0.39 is 0 Å². The van der Waals surface area contributed by atoms with Gasteiger partial charge in [0.25, 0.3) is 0 Å². The molecule has 8 nitrogen and oxygen atoms in total. The Morgan fingerprint density at radius 3 is 2.88 bits per heavy atom. The van der Waals surface area contributed by atoms with E-state index in [2.05, 4.69) is 15.5 Å². The van der Waals surface area contributed by atoms with Gasteiger partial charge < -0.3 is 19.4 Å². The lowest BCUT2D eigenvalue weighted by molar-refractivity contribution is -0.149. The molecule has 132 valence electrons. The molecule has 0 saturated carbocycles. The number of nitrogens with zero attached hydrogens (tertiary/aromatic N) is 3. The van der Waals surface area contributed by atoms with E-state index in [9.17, 15) is 9.59 Å². The minimum absolute atomic E-state index is 0.00927. The Kier molecular flexibility index (Phi) is 5.13. The Morgan fingerprint density at radius 1 is 1.38 bits per heavy atom. The fourth-order valence-corrected chi connectivity index (χ4v) is 2.85. The minimum atomic E-state index is -0.384. The van der Waals surface area contributed by atoms with Crippen molar-refractivity contribution in [1.82, 2.24) is 20.4 Å². The average Bonchev–Trinajstić information content (AvgIpc) is 2.87. The normalized spacial score (nSPS) is 22.2. The van der Waals surface area contributed by atoms with E-state index in [0.717, 1.165) is 12.8 Å². The van der Waals surface area contributed by atoms with Crippen molar-refractivity contribution in [2.24, 2.45) is 0 Å². The molecule has 1 aromatic rings. The number of aromatic nitrogens is 2. The summed E-state index contributed by atoms with van der Waals surface area (Å²) in [6, 6.07) is -0.384. The Labute approximate surface area is 140 Å². The van der Waals surface area contributed by atoms with Crippen molar-refractivity contribution in [3.8, 4) is 0 Å². The Balaban J connectivity index is 1.41. The van der Waals surface area contributed by atoms with Crippen LogP contribution in [-0.4, -0.2) is 52.1 Å². The van der Waals surface area contributed by atoms with Crippen LogP contribution in [-0.2, 0) is 20.9 Å². The molecule has 2 fully saturated rings. The molecule has 3 heterocycles. The summed E-state index contributed by atoms with van der Waals surface area (Å²) in [7, 11) is 0. The third kappa shape index (κ3) is 3.92. The maximum Gasteiger partial charge on any atom is 0.245 e. The van der Waals surface area contributed by atoms with Crippen molar-refractivity contribution in [3.63, 3.8) is 0 Å². The first-order valence-electron chi connectivity index (χ1n) is 8.55. The van der Waals surface area contributed by atoms with E-state index in [-0.39, 0.29) is 36.5 Å². The number of rotatable bonds is 5. The summed E-state index contributed by atoms with van der Waals surface area (Å²) in [5.41, 5.74) is 0. The van der Waals surface area contributed by atoms with Crippen molar-refractivity contribution < 1.29 is 18.7 Å². The molecular formula is C16H24N4O4. The lowest BCUT2D eigenvalue weighted by atomic mass is 10.1. The summed E-state index contributed by atoms with van der Waals surface area (Å²) in [6.07, 6.45) is 2.96. The molecule has 24 heavy (non-hydrogen) atoms. The van der Waals surface area contributed by atoms with Crippen LogP contribution in [0.5, 0.6) is 0 Å². The molecule has 8 heteroatoms. The SMILES string of the molecule is CC(C)c1nnc(COC2CN(C(=O)C3CCCCC(=O)N3)C2)o1. The van der Waals surface area contributed by atoms with Gasteiger partial charge in [0.05, 0.1) is 6.10 Å². The highest BCUT2D eigenvalue weighted by molar-refractivity contribution is 5.88. The number of nitrogens with one attached hydrogen (secondary N) is 1. The zero-order valence-electron chi connectivity index (χ0n) is 14.2. The van der Waals surface area contributed by atoms with Crippen LogP contribution in [0.4, 0.5) is 0 Å². The summed E-state index contributed by atoms with van der Waals surface area (Å²) in [5.74, 6) is 1.21. The van der Waals surface area contributed by atoms with Crippen molar-refractivity contribution in [1.29, 1.82) is 0 Å². The summed E-state index contributed by atoms with van der Waals surface area (Å²) >= 11 is 0. The van der Waals surface area contributed by atoms with Gasteiger partial charge in [-0.3, -0.25) is 9.59 Å². The zero-order valence-corrected chi connectivity index (χ0v) is 14.2. The van der Waals surface area contributed by atoms with Crippen molar-refractivity contribution in [3.05, 3.63) is 11.8 Å². The maximum atomic E-state index is 12.4. The second-order valence-corrected chi connectivity index (χ2v) is 6.73. The van der Waals surface area contributed by atoms with E-state index >= 15 is 0 Å². The van der Waals surface area contributed by atoms with Crippen LogP contribution in [0.2, 0.25) is 0 Å². The van der Waals surface area contributed by atoms with Crippen molar-refractivity contribution in [2.45, 2.75) is 64.2 Å². The van der Waals surface area contributed by atoms with Crippen LogP contribution in [0.25, 0.3) is 0 Å². The molecule has 0 aromatic carbocycles. The molecule has 3 rings (SSSR count). The number of hydrogen-bond acceptors (Lipinski definition) is 6. The zero-order chi connectivity index (χ0) is 17.1. The standard InChI is InChI=1S/C16H24N4O4/c1-10(2)15-19-18-14(24-15)9-23-11-7-20(8-11)16(22)12-5-3-4-6-13(21)17-12/h10-12H,3-9H2,1-2H3,(H,17,21). The smallest absolute Gasteiger partial charge is 0.245 e. The van der Waals surface area contributed by atoms with Gasteiger partial charge in [-0.05, 0) is 12.8 Å². The van der Waals surface area contributed by atoms with E-state index in [4.69, 9.17) is 9.15 Å². The number of carbonyl (C=O) groups excluding carboxylic acids is 2. The number of amides is 2. The molecule has 2 aliphatic heterocycles. The largest absolute Gasteiger partial charge is 0.422 e. The second-order valence-electron chi connectivity index (χ2n) is 6.73. The summed E-state index contributed by atoms with van der Waals surface area (Å²) < 4.78 is 11.2. The molecule has 0 bridgehead atoms. The van der Waals surface area contributed by atoms with Gasteiger partial charge in [0, 0.05) is 25.4 Å². The molecule has 2 aliphatic rings. The first kappa shape index (κ1) is 16.9. The summed E-state index contributed by atoms with van der Waals surface area (Å²) in [6.45, 7) is 5.30. The van der Waals surface area contributed by atoms with E-state index in [0.29, 0.717) is 37.7 Å². The predicted molar refractivity (Wildman–Crippen MR) is 83.9 cm³/mol. The second kappa shape index (κ2) is 7.29. The highest BCUT2D eigenvalue weighted by Gasteiger charge is 2.36. The monoisotopic (exact) mass is 336 g/mol. The maximum absolute atomic E-state index is 12.4. The van der Waals surface area contributed by atoms with Gasteiger partial charge in [-0.25, -0.2) is 0 Å². The average molecular weight is 336 g/mol. The first-order chi connectivity index (χ1) is 11.5. The number of ether oxygens (including phenoxy) is 1. The van der Waals surface area contributed by atoms with Gasteiger partial charge in [0.1, 0.15) is 12.6 Å². The van der Waals surface area contributed by atoms with E-state index in [1.54, 1.807) is 4.90 Å². The highest BCUT2D eigenvalue weighted by atomic mass is 16.5. The van der Waals surface area contributed by atoms with Gasteiger partial charge in [-0.2, -0.15) is 0 Å². The molecule has 0 spiro atoms. The molecule has 1 unspecified atom stereocenters. The molecule has 1 N–H and O–H groups in total. The van der Waals surface area contributed by atoms with Crippen LogP contribution in [0.1, 0.15) is 57.2 Å². The Bertz CT molecular complexity index is 595. The van der Waals surface area contributed by atoms with E-state index in [1.807, 2.05) is 13.8 Å². The Morgan fingerprint density at radius 2 is 2.17 bits per heavy atom. The van der Waals surface area contributed by atoms with Crippen LogP contribution in [0.3, 0.4) is 0 Å². The molecular weight excluding hydrogens is 312 g/mol. The van der Waals surface area contributed by atoms with Crippen molar-refractivity contribution in [2.75, 3.05) is 13.1 Å². The summed E-state index contributed by atoms with van der Waals surface area (Å²) in [4.78, 5) is 25.7. The summed E-state index contributed by atoms with van der Waals surface area (Å²) in [5, 5.41) is 10.7. The highest BCUT2D eigenvalue weighted by Crippen LogP contribution is 2.19. The molecule has 1 aromatic heterocycles. The van der Waals surface area contributed by atoms with Gasteiger partial charge >= 0.3 is 0 Å². The fraction of sp³-hybridized carbons (Fsp3) is 0.750. The van der Waals surface area contributed by atoms with Gasteiger partial charge in [0.2, 0.25) is 23.6 Å². The van der Waals surface area contributed by atoms with Gasteiger partial charge in [0.15, 0.2) is 0 Å². The lowest BCUT2D eigenvalue weighted by Gasteiger charge is -2.40.